The first-order chi connectivity index (χ1) is 5.54. The average Bonchev–Trinajstić information content (AvgIpc) is 1.98. The number of carbonyl (C=O) groups is 2. The molecule has 72 valence electrons. The molecule has 0 aromatic rings. The summed E-state index contributed by atoms with van der Waals surface area (Å²) < 4.78 is 0. The second kappa shape index (κ2) is 7.35. The minimum absolute atomic E-state index is 0. The van der Waals surface area contributed by atoms with E-state index in [1.165, 1.54) is 0 Å². The van der Waals surface area contributed by atoms with Crippen molar-refractivity contribution in [2.75, 3.05) is 0 Å². The van der Waals surface area contributed by atoms with Crippen LogP contribution in [0.1, 0.15) is 26.7 Å². The molecule has 4 nitrogen and oxygen atoms in total. The number of hydrogen-bond donors (Lipinski definition) is 2. The topological polar surface area (TPSA) is 74.6 Å². The van der Waals surface area contributed by atoms with E-state index in [4.69, 9.17) is 10.2 Å². The number of carboxylic acids is 2. The first-order valence-corrected chi connectivity index (χ1v) is 4.00. The number of hydrogen-bond acceptors (Lipinski definition) is 2. The Morgan fingerprint density at radius 2 is 1.38 bits per heavy atom. The Kier molecular flexibility index (Phi) is 8.72. The van der Waals surface area contributed by atoms with Crippen LogP contribution in [-0.2, 0) is 9.59 Å². The monoisotopic (exact) mass is 198 g/mol. The summed E-state index contributed by atoms with van der Waals surface area (Å²) >= 11 is 0. The molecule has 0 aliphatic carbocycles. The van der Waals surface area contributed by atoms with Crippen LogP contribution in [0.5, 0.6) is 0 Å². The zero-order chi connectivity index (χ0) is 9.72. The van der Waals surface area contributed by atoms with Crippen LogP contribution in [0.25, 0.3) is 0 Å². The Bertz CT molecular complexity index is 163. The van der Waals surface area contributed by atoms with Gasteiger partial charge < -0.3 is 10.2 Å². The average molecular weight is 198 g/mol. The molecule has 0 saturated heterocycles. The van der Waals surface area contributed by atoms with Gasteiger partial charge in [0.1, 0.15) is 0 Å². The summed E-state index contributed by atoms with van der Waals surface area (Å²) in [7, 11) is 0. The molecular weight excluding hydrogens is 183 g/mol. The molecule has 0 aliphatic rings. The van der Waals surface area contributed by atoms with Gasteiger partial charge in [-0.2, -0.15) is 0 Å². The fourth-order valence-corrected chi connectivity index (χ4v) is 1.27. The molecule has 2 N–H and O–H groups in total. The predicted molar refractivity (Wildman–Crippen MR) is 50.0 cm³/mol. The zero-order valence-corrected chi connectivity index (χ0v) is 7.28. The number of carboxylic acid groups (broad SMARTS) is 2. The Balaban J connectivity index is 0. The van der Waals surface area contributed by atoms with E-state index >= 15 is 0 Å². The fourth-order valence-electron chi connectivity index (χ4n) is 1.27. The third kappa shape index (κ3) is 4.64. The molecule has 0 bridgehead atoms. The van der Waals surface area contributed by atoms with Crippen molar-refractivity contribution in [2.45, 2.75) is 26.7 Å². The maximum absolute atomic E-state index is 10.5. The molecule has 0 heterocycles. The van der Waals surface area contributed by atoms with Crippen molar-refractivity contribution in [3.8, 4) is 0 Å². The molecule has 0 amide bonds. The molecular formula is C8H15NaO4. The van der Waals surface area contributed by atoms with Gasteiger partial charge in [-0.1, -0.05) is 26.7 Å². The second-order valence-electron chi connectivity index (χ2n) is 2.73. The molecule has 13 heavy (non-hydrogen) atoms. The van der Waals surface area contributed by atoms with Gasteiger partial charge in [-0.05, 0) is 5.92 Å². The van der Waals surface area contributed by atoms with E-state index in [9.17, 15) is 9.59 Å². The van der Waals surface area contributed by atoms with Crippen LogP contribution in [0.15, 0.2) is 0 Å². The van der Waals surface area contributed by atoms with Crippen LogP contribution in [0, 0.1) is 11.8 Å². The molecule has 0 unspecified atom stereocenters. The number of aliphatic carboxylic acids is 2. The Morgan fingerprint density at radius 1 is 1.08 bits per heavy atom. The summed E-state index contributed by atoms with van der Waals surface area (Å²) in [6.07, 6.45) is 1.17. The van der Waals surface area contributed by atoms with Gasteiger partial charge in [0.25, 0.3) is 0 Å². The van der Waals surface area contributed by atoms with E-state index in [1.54, 1.807) is 13.8 Å². The summed E-state index contributed by atoms with van der Waals surface area (Å²) in [5.74, 6) is -3.99. The molecule has 5 heteroatoms. The number of rotatable bonds is 5. The van der Waals surface area contributed by atoms with Gasteiger partial charge in [-0.3, -0.25) is 9.59 Å². The SMILES string of the molecule is CCC(CC)C(C(=O)O)C(=O)O.[NaH]. The van der Waals surface area contributed by atoms with Gasteiger partial charge in [0, 0.05) is 0 Å². The van der Waals surface area contributed by atoms with Crippen molar-refractivity contribution < 1.29 is 19.8 Å². The maximum atomic E-state index is 10.5. The van der Waals surface area contributed by atoms with Crippen molar-refractivity contribution in [3.63, 3.8) is 0 Å². The Labute approximate surface area is 99.6 Å². The van der Waals surface area contributed by atoms with E-state index < -0.39 is 17.9 Å². The standard InChI is InChI=1S/C8H14O4.Na.H/c1-3-5(4-2)6(7(9)10)8(11)12;;/h5-6H,3-4H2,1-2H3,(H,9,10)(H,11,12);;. The van der Waals surface area contributed by atoms with Crippen LogP contribution in [-0.4, -0.2) is 51.7 Å². The van der Waals surface area contributed by atoms with Gasteiger partial charge in [0.2, 0.25) is 0 Å². The van der Waals surface area contributed by atoms with E-state index in [2.05, 4.69) is 0 Å². The minimum atomic E-state index is -1.25. The zero-order valence-electron chi connectivity index (χ0n) is 7.28. The molecule has 0 spiro atoms. The summed E-state index contributed by atoms with van der Waals surface area (Å²) in [6, 6.07) is 0. The van der Waals surface area contributed by atoms with Crippen molar-refractivity contribution in [1.82, 2.24) is 0 Å². The van der Waals surface area contributed by atoms with Crippen LogP contribution < -0.4 is 0 Å². The normalized spacial score (nSPS) is 9.85. The van der Waals surface area contributed by atoms with Gasteiger partial charge in [-0.15, -0.1) is 0 Å². The Morgan fingerprint density at radius 3 is 1.46 bits per heavy atom. The van der Waals surface area contributed by atoms with Crippen LogP contribution >= 0.6 is 0 Å². The summed E-state index contributed by atoms with van der Waals surface area (Å²) in [5, 5.41) is 17.2. The van der Waals surface area contributed by atoms with Crippen LogP contribution in [0.3, 0.4) is 0 Å². The van der Waals surface area contributed by atoms with E-state index in [0.717, 1.165) is 0 Å². The molecule has 0 radical (unpaired) electrons. The summed E-state index contributed by atoms with van der Waals surface area (Å²) in [4.78, 5) is 21.0. The molecule has 0 saturated carbocycles. The van der Waals surface area contributed by atoms with Gasteiger partial charge in [-0.25, -0.2) is 0 Å². The molecule has 0 rings (SSSR count). The van der Waals surface area contributed by atoms with Crippen LogP contribution in [0.2, 0.25) is 0 Å². The predicted octanol–water partition coefficient (Wildman–Crippen LogP) is 0.559. The van der Waals surface area contributed by atoms with Gasteiger partial charge >= 0.3 is 41.5 Å². The van der Waals surface area contributed by atoms with E-state index in [0.29, 0.717) is 12.8 Å². The van der Waals surface area contributed by atoms with Gasteiger partial charge in [0.05, 0.1) is 0 Å². The summed E-state index contributed by atoms with van der Waals surface area (Å²) in [6.45, 7) is 3.60. The third-order valence-corrected chi connectivity index (χ3v) is 2.05. The van der Waals surface area contributed by atoms with Crippen LogP contribution in [0.4, 0.5) is 0 Å². The molecule has 0 atom stereocenters. The first kappa shape index (κ1) is 15.4. The van der Waals surface area contributed by atoms with Crippen molar-refractivity contribution in [2.24, 2.45) is 11.8 Å². The summed E-state index contributed by atoms with van der Waals surface area (Å²) in [5.41, 5.74) is 0. The van der Waals surface area contributed by atoms with Gasteiger partial charge in [0.15, 0.2) is 5.92 Å². The van der Waals surface area contributed by atoms with Crippen molar-refractivity contribution in [1.29, 1.82) is 0 Å². The molecule has 0 fully saturated rings. The second-order valence-corrected chi connectivity index (χ2v) is 2.73. The first-order valence-electron chi connectivity index (χ1n) is 4.00. The molecule has 0 aromatic heterocycles. The van der Waals surface area contributed by atoms with Crippen molar-refractivity contribution >= 4 is 41.5 Å². The third-order valence-electron chi connectivity index (χ3n) is 2.05. The van der Waals surface area contributed by atoms with E-state index in [1.807, 2.05) is 0 Å². The Hall–Kier alpha value is -0.0600. The fraction of sp³-hybridized carbons (Fsp3) is 0.750. The molecule has 0 aromatic carbocycles. The van der Waals surface area contributed by atoms with Crippen molar-refractivity contribution in [3.05, 3.63) is 0 Å². The molecule has 0 aliphatic heterocycles. The van der Waals surface area contributed by atoms with E-state index in [-0.39, 0.29) is 35.5 Å². The quantitative estimate of drug-likeness (QED) is 0.500.